The van der Waals surface area contributed by atoms with E-state index in [0.29, 0.717) is 30.6 Å². The zero-order valence-corrected chi connectivity index (χ0v) is 10.9. The first-order valence-corrected chi connectivity index (χ1v) is 6.58. The molecule has 1 fully saturated rings. The third-order valence-electron chi connectivity index (χ3n) is 3.11. The molecule has 0 saturated carbocycles. The Morgan fingerprint density at radius 3 is 3.05 bits per heavy atom. The van der Waals surface area contributed by atoms with E-state index in [9.17, 15) is 4.79 Å². The van der Waals surface area contributed by atoms with Gasteiger partial charge in [-0.25, -0.2) is 4.98 Å². The Morgan fingerprint density at radius 2 is 2.32 bits per heavy atom. The summed E-state index contributed by atoms with van der Waals surface area (Å²) in [4.78, 5) is 15.3. The van der Waals surface area contributed by atoms with Crippen molar-refractivity contribution in [3.63, 3.8) is 0 Å². The second-order valence-electron chi connectivity index (χ2n) is 4.51. The molecule has 4 N–H and O–H groups in total. The monoisotopic (exact) mass is 264 g/mol. The van der Waals surface area contributed by atoms with Crippen LogP contribution in [0, 0.1) is 0 Å². The van der Waals surface area contributed by atoms with Gasteiger partial charge < -0.3 is 21.1 Å². The Bertz CT molecular complexity index is 419. The first-order valence-electron chi connectivity index (χ1n) is 6.58. The smallest absolute Gasteiger partial charge is 0.252 e. The Labute approximate surface area is 112 Å². The molecule has 2 heterocycles. The van der Waals surface area contributed by atoms with Crippen molar-refractivity contribution >= 4 is 11.7 Å². The van der Waals surface area contributed by atoms with E-state index in [4.69, 9.17) is 10.5 Å². The van der Waals surface area contributed by atoms with Gasteiger partial charge in [-0.05, 0) is 38.1 Å². The molecule has 0 unspecified atom stereocenters. The van der Waals surface area contributed by atoms with Gasteiger partial charge >= 0.3 is 0 Å². The third kappa shape index (κ3) is 4.18. The van der Waals surface area contributed by atoms with Crippen LogP contribution < -0.4 is 16.4 Å². The van der Waals surface area contributed by atoms with Gasteiger partial charge in [0.05, 0.1) is 18.3 Å². The minimum atomic E-state index is -0.477. The number of hydrogen-bond acceptors (Lipinski definition) is 5. The van der Waals surface area contributed by atoms with Crippen LogP contribution in [-0.2, 0) is 4.74 Å². The molecule has 1 aromatic rings. The summed E-state index contributed by atoms with van der Waals surface area (Å²) in [6.07, 6.45) is 4.07. The lowest BCUT2D eigenvalue weighted by molar-refractivity contribution is 0.0394. The van der Waals surface area contributed by atoms with Crippen LogP contribution in [0.25, 0.3) is 0 Å². The van der Waals surface area contributed by atoms with E-state index in [0.717, 1.165) is 25.9 Å². The van der Waals surface area contributed by atoms with Crippen LogP contribution in [0.2, 0.25) is 0 Å². The maximum absolute atomic E-state index is 11.2. The molecule has 2 rings (SSSR count). The summed E-state index contributed by atoms with van der Waals surface area (Å²) in [5.41, 5.74) is 5.69. The lowest BCUT2D eigenvalue weighted by Crippen LogP contribution is -2.33. The quantitative estimate of drug-likeness (QED) is 0.646. The summed E-state index contributed by atoms with van der Waals surface area (Å²) in [6, 6.07) is 3.35. The van der Waals surface area contributed by atoms with Crippen molar-refractivity contribution in [3.05, 3.63) is 23.9 Å². The highest BCUT2D eigenvalue weighted by Crippen LogP contribution is 2.10. The lowest BCUT2D eigenvalue weighted by atomic mass is 10.1. The highest BCUT2D eigenvalue weighted by atomic mass is 16.5. The molecular weight excluding hydrogens is 244 g/mol. The number of amides is 1. The number of hydrogen-bond donors (Lipinski definition) is 3. The van der Waals surface area contributed by atoms with Gasteiger partial charge in [-0.15, -0.1) is 0 Å². The summed E-state index contributed by atoms with van der Waals surface area (Å²) >= 11 is 0. The second kappa shape index (κ2) is 7.06. The summed E-state index contributed by atoms with van der Waals surface area (Å²) in [5.74, 6) is 0.0405. The molecule has 1 aromatic heterocycles. The fourth-order valence-electron chi connectivity index (χ4n) is 2.10. The number of carbonyl (C=O) groups excluding carboxylic acids is 1. The summed E-state index contributed by atoms with van der Waals surface area (Å²) in [6.45, 7) is 3.25. The number of nitrogens with two attached hydrogens (primary N) is 1. The molecule has 1 amide bonds. The van der Waals surface area contributed by atoms with E-state index in [-0.39, 0.29) is 0 Å². The van der Waals surface area contributed by atoms with Crippen molar-refractivity contribution in [1.82, 2.24) is 10.3 Å². The normalized spacial score (nSPS) is 16.2. The average molecular weight is 264 g/mol. The van der Waals surface area contributed by atoms with Gasteiger partial charge in [0.1, 0.15) is 5.82 Å². The van der Waals surface area contributed by atoms with Crippen LogP contribution in [0.3, 0.4) is 0 Å². The Kier molecular flexibility index (Phi) is 5.11. The van der Waals surface area contributed by atoms with Crippen LogP contribution in [-0.4, -0.2) is 43.2 Å². The van der Waals surface area contributed by atoms with Gasteiger partial charge in [0.2, 0.25) is 0 Å². The van der Waals surface area contributed by atoms with Gasteiger partial charge in [0.15, 0.2) is 0 Å². The van der Waals surface area contributed by atoms with Crippen LogP contribution >= 0.6 is 0 Å². The molecule has 0 radical (unpaired) electrons. The van der Waals surface area contributed by atoms with Crippen molar-refractivity contribution in [3.8, 4) is 0 Å². The van der Waals surface area contributed by atoms with Gasteiger partial charge in [0.25, 0.3) is 5.91 Å². The molecule has 0 spiro atoms. The zero-order chi connectivity index (χ0) is 13.5. The van der Waals surface area contributed by atoms with Crippen molar-refractivity contribution in [2.24, 2.45) is 5.73 Å². The number of pyridine rings is 1. The van der Waals surface area contributed by atoms with E-state index in [1.54, 1.807) is 18.3 Å². The minimum Gasteiger partial charge on any atom is -0.376 e. The van der Waals surface area contributed by atoms with E-state index < -0.39 is 5.91 Å². The maximum atomic E-state index is 11.2. The lowest BCUT2D eigenvalue weighted by Gasteiger charge is -2.23. The first-order chi connectivity index (χ1) is 9.27. The molecule has 0 bridgehead atoms. The second-order valence-corrected chi connectivity index (χ2v) is 4.51. The van der Waals surface area contributed by atoms with Gasteiger partial charge in [-0.2, -0.15) is 0 Å². The summed E-state index contributed by atoms with van der Waals surface area (Å²) in [5, 5.41) is 6.38. The summed E-state index contributed by atoms with van der Waals surface area (Å²) < 4.78 is 5.76. The van der Waals surface area contributed by atoms with Crippen LogP contribution in [0.15, 0.2) is 18.3 Å². The molecule has 0 aromatic carbocycles. The van der Waals surface area contributed by atoms with Crippen LogP contribution in [0.4, 0.5) is 5.82 Å². The maximum Gasteiger partial charge on any atom is 0.252 e. The fraction of sp³-hybridized carbons (Fsp3) is 0.538. The van der Waals surface area contributed by atoms with E-state index in [2.05, 4.69) is 15.6 Å². The number of nitrogens with one attached hydrogen (secondary N) is 2. The molecular formula is C13H20N4O2. The summed E-state index contributed by atoms with van der Waals surface area (Å²) in [7, 11) is 0. The largest absolute Gasteiger partial charge is 0.376 e. The number of aromatic nitrogens is 1. The predicted molar refractivity (Wildman–Crippen MR) is 73.1 cm³/mol. The fourth-order valence-corrected chi connectivity index (χ4v) is 2.10. The molecule has 104 valence electrons. The van der Waals surface area contributed by atoms with E-state index in [1.165, 1.54) is 0 Å². The molecule has 1 aliphatic heterocycles. The zero-order valence-electron chi connectivity index (χ0n) is 10.9. The van der Waals surface area contributed by atoms with Gasteiger partial charge in [0, 0.05) is 12.7 Å². The number of rotatable bonds is 6. The predicted octanol–water partition coefficient (Wildman–Crippen LogP) is 0.361. The van der Waals surface area contributed by atoms with Crippen molar-refractivity contribution in [2.45, 2.75) is 18.9 Å². The Hall–Kier alpha value is -1.66. The van der Waals surface area contributed by atoms with Gasteiger partial charge in [-0.3, -0.25) is 4.79 Å². The highest BCUT2D eigenvalue weighted by Gasteiger charge is 2.13. The molecule has 0 aliphatic carbocycles. The van der Waals surface area contributed by atoms with Crippen LogP contribution in [0.1, 0.15) is 23.2 Å². The standard InChI is InChI=1S/C13H20N4O2/c14-12(18)11-2-1-5-16-13(11)17-8-9-19-10-3-6-15-7-4-10/h1-2,5,10,15H,3-4,6-9H2,(H2,14,18)(H,16,17). The van der Waals surface area contributed by atoms with Crippen molar-refractivity contribution in [1.29, 1.82) is 0 Å². The number of piperidine rings is 1. The minimum absolute atomic E-state index is 0.336. The van der Waals surface area contributed by atoms with E-state index >= 15 is 0 Å². The average Bonchev–Trinajstić information content (AvgIpc) is 2.45. The van der Waals surface area contributed by atoms with Crippen molar-refractivity contribution < 1.29 is 9.53 Å². The molecule has 1 aliphatic rings. The number of carbonyl (C=O) groups is 1. The first kappa shape index (κ1) is 13.8. The Morgan fingerprint density at radius 1 is 1.53 bits per heavy atom. The molecule has 1 saturated heterocycles. The molecule has 6 heteroatoms. The Balaban J connectivity index is 1.74. The van der Waals surface area contributed by atoms with E-state index in [1.807, 2.05) is 0 Å². The number of primary amides is 1. The SMILES string of the molecule is NC(=O)c1cccnc1NCCOC1CCNCC1. The van der Waals surface area contributed by atoms with Crippen molar-refractivity contribution in [2.75, 3.05) is 31.6 Å². The van der Waals surface area contributed by atoms with Gasteiger partial charge in [-0.1, -0.05) is 0 Å². The number of ether oxygens (including phenoxy) is 1. The topological polar surface area (TPSA) is 89.3 Å². The number of nitrogens with zero attached hydrogens (tertiary/aromatic N) is 1. The molecule has 19 heavy (non-hydrogen) atoms. The number of anilines is 1. The molecule has 6 nitrogen and oxygen atoms in total. The van der Waals surface area contributed by atoms with Crippen LogP contribution in [0.5, 0.6) is 0 Å². The highest BCUT2D eigenvalue weighted by molar-refractivity contribution is 5.97. The molecule has 0 atom stereocenters. The third-order valence-corrected chi connectivity index (χ3v) is 3.11.